The molecule has 4 rings (SSSR count). The van der Waals surface area contributed by atoms with Gasteiger partial charge in [0.2, 0.25) is 0 Å². The first-order chi connectivity index (χ1) is 13.0. The number of carbonyl (C=O) groups is 1. The second-order valence-electron chi connectivity index (χ2n) is 6.25. The molecule has 0 radical (unpaired) electrons. The van der Waals surface area contributed by atoms with Crippen molar-refractivity contribution in [2.45, 2.75) is 27.9 Å². The van der Waals surface area contributed by atoms with E-state index >= 15 is 0 Å². The number of hydrogen-bond acceptors (Lipinski definition) is 4. The van der Waals surface area contributed by atoms with Crippen LogP contribution in [0.1, 0.15) is 34.1 Å². The topological polar surface area (TPSA) is 56.1 Å². The molecule has 0 spiro atoms. The molecule has 0 saturated heterocycles. The minimum Gasteiger partial charge on any atom is -0.294 e. The Morgan fingerprint density at radius 2 is 1.70 bits per heavy atom. The molecule has 0 aliphatic heterocycles. The minimum absolute atomic E-state index is 0.0139. The quantitative estimate of drug-likeness (QED) is 0.586. The molecule has 1 unspecified atom stereocenters. The average Bonchev–Trinajstić information content (AvgIpc) is 3.14. The Bertz CT molecular complexity index is 1090. The number of halogens is 1. The summed E-state index contributed by atoms with van der Waals surface area (Å²) in [7, 11) is -3.76. The van der Waals surface area contributed by atoms with Crippen LogP contribution < -0.4 is 0 Å². The summed E-state index contributed by atoms with van der Waals surface area (Å²) in [6, 6.07) is 17.3. The third kappa shape index (κ3) is 3.45. The van der Waals surface area contributed by atoms with Crippen molar-refractivity contribution < 1.29 is 13.2 Å². The second-order valence-corrected chi connectivity index (χ2v) is 9.78. The molecule has 0 fully saturated rings. The zero-order chi connectivity index (χ0) is 19.0. The summed E-state index contributed by atoms with van der Waals surface area (Å²) in [5.41, 5.74) is 1.04. The molecule has 1 heterocycles. The third-order valence-electron chi connectivity index (χ3n) is 4.52. The zero-order valence-electron chi connectivity index (χ0n) is 14.2. The van der Waals surface area contributed by atoms with Gasteiger partial charge in [0.25, 0.3) is 10.0 Å². The first kappa shape index (κ1) is 18.3. The number of fused-ring (bicyclic) bond motifs is 1. The maximum absolute atomic E-state index is 13.1. The Morgan fingerprint density at radius 3 is 2.41 bits per heavy atom. The number of ketones is 1. The van der Waals surface area contributed by atoms with Crippen molar-refractivity contribution in [3.8, 4) is 0 Å². The molecule has 1 aromatic heterocycles. The summed E-state index contributed by atoms with van der Waals surface area (Å²) >= 11 is 7.50. The van der Waals surface area contributed by atoms with Gasteiger partial charge in [0.1, 0.15) is 0 Å². The van der Waals surface area contributed by atoms with E-state index in [1.165, 1.54) is 10.2 Å². The fourth-order valence-corrected chi connectivity index (χ4v) is 6.06. The molecule has 0 N–H and O–H groups in total. The summed E-state index contributed by atoms with van der Waals surface area (Å²) in [5, 5.41) is 0.515. The van der Waals surface area contributed by atoms with Gasteiger partial charge in [0.15, 0.2) is 5.78 Å². The number of benzene rings is 2. The van der Waals surface area contributed by atoms with Crippen LogP contribution in [0.15, 0.2) is 76.7 Å². The summed E-state index contributed by atoms with van der Waals surface area (Å²) in [6.07, 6.45) is 2.49. The predicted octanol–water partition coefficient (Wildman–Crippen LogP) is 5.19. The summed E-state index contributed by atoms with van der Waals surface area (Å²) in [4.78, 5) is 13.6. The number of carbonyl (C=O) groups excluding carboxylic acids is 1. The zero-order valence-corrected chi connectivity index (χ0v) is 16.6. The van der Waals surface area contributed by atoms with Crippen LogP contribution in [-0.4, -0.2) is 18.2 Å². The van der Waals surface area contributed by atoms with E-state index in [2.05, 4.69) is 0 Å². The standard InChI is InChI=1S/C20H16ClNO3S2/c21-14-6-8-15(9-7-14)26-19-11-10-18(23)17-12-13-22(20(17)19)27(24,25)16-4-2-1-3-5-16/h1-9,12-13,19H,10-11H2. The van der Waals surface area contributed by atoms with Crippen LogP contribution in [0, 0.1) is 0 Å². The maximum atomic E-state index is 13.1. The predicted molar refractivity (Wildman–Crippen MR) is 107 cm³/mol. The van der Waals surface area contributed by atoms with Crippen molar-refractivity contribution in [1.82, 2.24) is 3.97 Å². The molecule has 1 aliphatic rings. The Labute approximate surface area is 167 Å². The smallest absolute Gasteiger partial charge is 0.267 e. The fourth-order valence-electron chi connectivity index (χ4n) is 3.22. The second kappa shape index (κ2) is 7.19. The highest BCUT2D eigenvalue weighted by molar-refractivity contribution is 7.99. The van der Waals surface area contributed by atoms with Gasteiger partial charge in [-0.05, 0) is 48.9 Å². The molecular formula is C20H16ClNO3S2. The van der Waals surface area contributed by atoms with Crippen molar-refractivity contribution in [2.24, 2.45) is 0 Å². The molecule has 3 aromatic rings. The van der Waals surface area contributed by atoms with Crippen molar-refractivity contribution in [3.63, 3.8) is 0 Å². The molecule has 4 nitrogen and oxygen atoms in total. The Morgan fingerprint density at radius 1 is 1.00 bits per heavy atom. The van der Waals surface area contributed by atoms with E-state index < -0.39 is 10.0 Å². The number of rotatable bonds is 4. The average molecular weight is 418 g/mol. The minimum atomic E-state index is -3.76. The molecule has 27 heavy (non-hydrogen) atoms. The largest absolute Gasteiger partial charge is 0.294 e. The van der Waals surface area contributed by atoms with E-state index in [0.717, 1.165) is 4.90 Å². The Kier molecular flexibility index (Phi) is 4.88. The van der Waals surface area contributed by atoms with Gasteiger partial charge in [-0.3, -0.25) is 4.79 Å². The maximum Gasteiger partial charge on any atom is 0.267 e. The summed E-state index contributed by atoms with van der Waals surface area (Å²) in [6.45, 7) is 0. The molecule has 0 bridgehead atoms. The van der Waals surface area contributed by atoms with Gasteiger partial charge in [-0.15, -0.1) is 11.8 Å². The lowest BCUT2D eigenvalue weighted by Crippen LogP contribution is -2.21. The lowest BCUT2D eigenvalue weighted by Gasteiger charge is -2.24. The van der Waals surface area contributed by atoms with E-state index in [9.17, 15) is 13.2 Å². The van der Waals surface area contributed by atoms with Crippen LogP contribution in [0.4, 0.5) is 0 Å². The number of hydrogen-bond donors (Lipinski definition) is 0. The Balaban J connectivity index is 1.78. The molecule has 0 amide bonds. The molecule has 7 heteroatoms. The SMILES string of the molecule is O=C1CCC(Sc2ccc(Cl)cc2)c2c1ccn2S(=O)(=O)c1ccccc1. The van der Waals surface area contributed by atoms with Gasteiger partial charge in [-0.25, -0.2) is 12.4 Å². The molecule has 1 aliphatic carbocycles. The first-order valence-electron chi connectivity index (χ1n) is 8.44. The van der Waals surface area contributed by atoms with Crippen molar-refractivity contribution in [3.05, 3.63) is 83.1 Å². The number of aromatic nitrogens is 1. The van der Waals surface area contributed by atoms with E-state index in [1.54, 1.807) is 60.3 Å². The first-order valence-corrected chi connectivity index (χ1v) is 11.1. The Hall–Kier alpha value is -2.02. The monoisotopic (exact) mass is 417 g/mol. The van der Waals surface area contributed by atoms with Gasteiger partial charge >= 0.3 is 0 Å². The molecular weight excluding hydrogens is 402 g/mol. The number of Topliss-reactive ketones (excluding diaryl/α,β-unsaturated/α-hetero) is 1. The van der Waals surface area contributed by atoms with Crippen LogP contribution >= 0.6 is 23.4 Å². The van der Waals surface area contributed by atoms with E-state index in [4.69, 9.17) is 11.6 Å². The molecule has 2 aromatic carbocycles. The molecule has 138 valence electrons. The third-order valence-corrected chi connectivity index (χ3v) is 7.76. The van der Waals surface area contributed by atoms with Crippen LogP contribution in [0.5, 0.6) is 0 Å². The number of thioether (sulfide) groups is 1. The van der Waals surface area contributed by atoms with Gasteiger partial charge < -0.3 is 0 Å². The highest BCUT2D eigenvalue weighted by atomic mass is 35.5. The van der Waals surface area contributed by atoms with Crippen LogP contribution in [-0.2, 0) is 10.0 Å². The van der Waals surface area contributed by atoms with E-state index in [0.29, 0.717) is 29.1 Å². The fraction of sp³-hybridized carbons (Fsp3) is 0.150. The normalized spacial score (nSPS) is 16.9. The van der Waals surface area contributed by atoms with Gasteiger partial charge in [-0.2, -0.15) is 0 Å². The van der Waals surface area contributed by atoms with Crippen molar-refractivity contribution in [2.75, 3.05) is 0 Å². The summed E-state index contributed by atoms with van der Waals surface area (Å²) < 4.78 is 27.5. The van der Waals surface area contributed by atoms with E-state index in [1.807, 2.05) is 12.1 Å². The van der Waals surface area contributed by atoms with Crippen molar-refractivity contribution in [1.29, 1.82) is 0 Å². The highest BCUT2D eigenvalue weighted by Gasteiger charge is 2.33. The van der Waals surface area contributed by atoms with Crippen molar-refractivity contribution >= 4 is 39.2 Å². The van der Waals surface area contributed by atoms with Crippen LogP contribution in [0.3, 0.4) is 0 Å². The highest BCUT2D eigenvalue weighted by Crippen LogP contribution is 2.44. The van der Waals surface area contributed by atoms with Crippen LogP contribution in [0.25, 0.3) is 0 Å². The van der Waals surface area contributed by atoms with Gasteiger partial charge in [0.05, 0.1) is 15.8 Å². The molecule has 1 atom stereocenters. The van der Waals surface area contributed by atoms with Gasteiger partial charge in [0, 0.05) is 28.1 Å². The number of nitrogens with zero attached hydrogens (tertiary/aromatic N) is 1. The van der Waals surface area contributed by atoms with Crippen LogP contribution in [0.2, 0.25) is 5.02 Å². The summed E-state index contributed by atoms with van der Waals surface area (Å²) in [5.74, 6) is -0.0139. The van der Waals surface area contributed by atoms with Gasteiger partial charge in [-0.1, -0.05) is 29.8 Å². The van der Waals surface area contributed by atoms with E-state index in [-0.39, 0.29) is 15.9 Å². The molecule has 0 saturated carbocycles. The lowest BCUT2D eigenvalue weighted by atomic mass is 9.96. The lowest BCUT2D eigenvalue weighted by molar-refractivity contribution is 0.0971.